The number of ketones is 2. The molecule has 3 aliphatic rings. The van der Waals surface area contributed by atoms with E-state index in [9.17, 15) is 9.59 Å². The fourth-order valence-electron chi connectivity index (χ4n) is 5.53. The molecule has 28 heavy (non-hydrogen) atoms. The highest BCUT2D eigenvalue weighted by Crippen LogP contribution is 2.47. The second-order valence-corrected chi connectivity index (χ2v) is 8.99. The summed E-state index contributed by atoms with van der Waals surface area (Å²) >= 11 is 0. The number of hydrogen-bond donors (Lipinski definition) is 0. The minimum atomic E-state index is -0.513. The molecular formula is C23H29N3O2. The van der Waals surface area contributed by atoms with E-state index >= 15 is 0 Å². The number of anilines is 1. The molecule has 4 rings (SSSR count). The summed E-state index contributed by atoms with van der Waals surface area (Å²) in [5, 5.41) is 0. The zero-order valence-corrected chi connectivity index (χ0v) is 17.1. The fraction of sp³-hybridized carbons (Fsp3) is 0.565. The average molecular weight is 380 g/mol. The van der Waals surface area contributed by atoms with Crippen LogP contribution >= 0.6 is 0 Å². The van der Waals surface area contributed by atoms with Crippen molar-refractivity contribution in [1.29, 1.82) is 0 Å². The standard InChI is InChI=1S/C23H29N3O2/c1-15-11-16(2)20(17(3)12-15)21-18(27)13-23(14-19(21)28)5-9-26(10-6-23)22-24-7-4-8-25-22/h4,7-8,11,17,21H,5-6,9-10,12-14H2,1-3H3. The van der Waals surface area contributed by atoms with Crippen molar-refractivity contribution in [1.82, 2.24) is 9.97 Å². The van der Waals surface area contributed by atoms with Crippen molar-refractivity contribution in [2.24, 2.45) is 17.3 Å². The van der Waals surface area contributed by atoms with E-state index in [4.69, 9.17) is 0 Å². The Morgan fingerprint density at radius 2 is 1.64 bits per heavy atom. The summed E-state index contributed by atoms with van der Waals surface area (Å²) in [4.78, 5) is 37.2. The molecule has 1 saturated heterocycles. The van der Waals surface area contributed by atoms with Crippen LogP contribution in [-0.2, 0) is 9.59 Å². The zero-order chi connectivity index (χ0) is 19.9. The molecule has 148 valence electrons. The van der Waals surface area contributed by atoms with E-state index in [1.54, 1.807) is 12.4 Å². The lowest BCUT2D eigenvalue weighted by molar-refractivity contribution is -0.139. The molecule has 1 aromatic heterocycles. The van der Waals surface area contributed by atoms with Crippen molar-refractivity contribution in [2.45, 2.75) is 52.9 Å². The van der Waals surface area contributed by atoms with Gasteiger partial charge in [-0.2, -0.15) is 0 Å². The first kappa shape index (κ1) is 19.0. The maximum absolute atomic E-state index is 13.2. The summed E-state index contributed by atoms with van der Waals surface area (Å²) in [6.45, 7) is 7.93. The van der Waals surface area contributed by atoms with Crippen LogP contribution in [0.2, 0.25) is 0 Å². The van der Waals surface area contributed by atoms with Gasteiger partial charge >= 0.3 is 0 Å². The molecule has 1 spiro atoms. The predicted octanol–water partition coefficient (Wildman–Crippen LogP) is 3.91. The molecule has 1 aliphatic heterocycles. The molecule has 1 unspecified atom stereocenters. The van der Waals surface area contributed by atoms with Crippen LogP contribution in [0.3, 0.4) is 0 Å². The van der Waals surface area contributed by atoms with Gasteiger partial charge in [0.15, 0.2) is 0 Å². The number of carbonyl (C=O) groups is 2. The molecule has 1 saturated carbocycles. The Hall–Kier alpha value is -2.30. The number of aromatic nitrogens is 2. The van der Waals surface area contributed by atoms with E-state index in [0.29, 0.717) is 12.8 Å². The molecule has 0 N–H and O–H groups in total. The van der Waals surface area contributed by atoms with E-state index in [-0.39, 0.29) is 22.9 Å². The molecule has 1 atom stereocenters. The lowest BCUT2D eigenvalue weighted by Gasteiger charge is -2.45. The van der Waals surface area contributed by atoms with Gasteiger partial charge in [-0.3, -0.25) is 9.59 Å². The monoisotopic (exact) mass is 379 g/mol. The molecule has 0 radical (unpaired) electrons. The topological polar surface area (TPSA) is 63.2 Å². The van der Waals surface area contributed by atoms with Crippen molar-refractivity contribution < 1.29 is 9.59 Å². The van der Waals surface area contributed by atoms with Crippen molar-refractivity contribution >= 4 is 17.5 Å². The number of Topliss-reactive ketones (excluding diaryl/α,β-unsaturated/α-hetero) is 2. The first-order valence-corrected chi connectivity index (χ1v) is 10.3. The Labute approximate surface area is 166 Å². The summed E-state index contributed by atoms with van der Waals surface area (Å²) in [6.07, 6.45) is 9.35. The van der Waals surface area contributed by atoms with Crippen LogP contribution in [-0.4, -0.2) is 34.6 Å². The molecule has 2 aliphatic carbocycles. The molecule has 0 bridgehead atoms. The summed E-state index contributed by atoms with van der Waals surface area (Å²) in [7, 11) is 0. The van der Waals surface area contributed by atoms with Crippen molar-refractivity contribution in [3.8, 4) is 0 Å². The van der Waals surface area contributed by atoms with Crippen LogP contribution in [0.5, 0.6) is 0 Å². The molecule has 1 aromatic rings. The van der Waals surface area contributed by atoms with Crippen molar-refractivity contribution in [3.63, 3.8) is 0 Å². The summed E-state index contributed by atoms with van der Waals surface area (Å²) in [5.74, 6) is 0.766. The predicted molar refractivity (Wildman–Crippen MR) is 109 cm³/mol. The largest absolute Gasteiger partial charge is 0.341 e. The van der Waals surface area contributed by atoms with Crippen molar-refractivity contribution in [3.05, 3.63) is 41.3 Å². The van der Waals surface area contributed by atoms with E-state index < -0.39 is 5.92 Å². The number of allylic oxidation sites excluding steroid dienone is 4. The van der Waals surface area contributed by atoms with E-state index in [0.717, 1.165) is 49.4 Å². The number of hydrogen-bond acceptors (Lipinski definition) is 5. The van der Waals surface area contributed by atoms with Crippen LogP contribution < -0.4 is 4.90 Å². The molecular weight excluding hydrogens is 350 g/mol. The molecule has 5 nitrogen and oxygen atoms in total. The van der Waals surface area contributed by atoms with Gasteiger partial charge in [0.1, 0.15) is 11.6 Å². The lowest BCUT2D eigenvalue weighted by Crippen LogP contribution is -2.48. The molecule has 2 fully saturated rings. The Balaban J connectivity index is 1.50. The van der Waals surface area contributed by atoms with Gasteiger partial charge in [0.05, 0.1) is 5.92 Å². The van der Waals surface area contributed by atoms with Crippen LogP contribution in [0.15, 0.2) is 41.3 Å². The molecule has 5 heteroatoms. The molecule has 2 heterocycles. The minimum Gasteiger partial charge on any atom is -0.341 e. The van der Waals surface area contributed by atoms with Gasteiger partial charge < -0.3 is 4.90 Å². The molecule has 0 amide bonds. The van der Waals surface area contributed by atoms with Crippen LogP contribution in [0, 0.1) is 17.3 Å². The van der Waals surface area contributed by atoms with E-state index in [2.05, 4.69) is 41.7 Å². The van der Waals surface area contributed by atoms with Gasteiger partial charge in [-0.05, 0) is 56.1 Å². The maximum Gasteiger partial charge on any atom is 0.225 e. The quantitative estimate of drug-likeness (QED) is 0.729. The van der Waals surface area contributed by atoms with Gasteiger partial charge in [0, 0.05) is 38.3 Å². The van der Waals surface area contributed by atoms with E-state index in [1.807, 2.05) is 6.07 Å². The first-order valence-electron chi connectivity index (χ1n) is 10.3. The zero-order valence-electron chi connectivity index (χ0n) is 17.1. The van der Waals surface area contributed by atoms with Gasteiger partial charge in [-0.25, -0.2) is 9.97 Å². The summed E-state index contributed by atoms with van der Waals surface area (Å²) in [6, 6.07) is 1.81. The van der Waals surface area contributed by atoms with E-state index in [1.165, 1.54) is 5.57 Å². The number of carbonyl (C=O) groups excluding carboxylic acids is 2. The normalized spacial score (nSPS) is 26.0. The number of rotatable bonds is 2. The maximum atomic E-state index is 13.2. The highest BCUT2D eigenvalue weighted by atomic mass is 16.2. The molecule has 0 aromatic carbocycles. The minimum absolute atomic E-state index is 0.134. The Kier molecular flexibility index (Phi) is 4.94. The number of piperidine rings is 1. The summed E-state index contributed by atoms with van der Waals surface area (Å²) in [5.41, 5.74) is 3.35. The SMILES string of the molecule is CC1=CC(C)=C(C2C(=O)CC3(CCN(c4ncccn4)CC3)CC2=O)C(C)C1. The second kappa shape index (κ2) is 7.26. The van der Waals surface area contributed by atoms with Crippen LogP contribution in [0.25, 0.3) is 0 Å². The third-order valence-corrected chi connectivity index (χ3v) is 6.79. The van der Waals surface area contributed by atoms with Gasteiger partial charge in [-0.15, -0.1) is 0 Å². The number of nitrogens with zero attached hydrogens (tertiary/aromatic N) is 3. The van der Waals surface area contributed by atoms with Crippen molar-refractivity contribution in [2.75, 3.05) is 18.0 Å². The average Bonchev–Trinajstić information content (AvgIpc) is 2.64. The third-order valence-electron chi connectivity index (χ3n) is 6.79. The highest BCUT2D eigenvalue weighted by Gasteiger charge is 2.48. The smallest absolute Gasteiger partial charge is 0.225 e. The Bertz CT molecular complexity index is 828. The van der Waals surface area contributed by atoms with Crippen LogP contribution in [0.4, 0.5) is 5.95 Å². The second-order valence-electron chi connectivity index (χ2n) is 8.99. The van der Waals surface area contributed by atoms with Gasteiger partial charge in [0.2, 0.25) is 5.95 Å². The Morgan fingerprint density at radius 3 is 2.21 bits per heavy atom. The van der Waals surface area contributed by atoms with Gasteiger partial charge in [0.25, 0.3) is 0 Å². The highest BCUT2D eigenvalue weighted by molar-refractivity contribution is 6.08. The Morgan fingerprint density at radius 1 is 1.04 bits per heavy atom. The lowest BCUT2D eigenvalue weighted by atomic mass is 9.61. The van der Waals surface area contributed by atoms with Crippen LogP contribution in [0.1, 0.15) is 52.9 Å². The fourth-order valence-corrected chi connectivity index (χ4v) is 5.53. The van der Waals surface area contributed by atoms with Gasteiger partial charge in [-0.1, -0.05) is 24.1 Å². The third kappa shape index (κ3) is 3.43. The summed E-state index contributed by atoms with van der Waals surface area (Å²) < 4.78 is 0. The first-order chi connectivity index (χ1) is 13.4.